The second-order valence-corrected chi connectivity index (χ2v) is 7.74. The van der Waals surface area contributed by atoms with Crippen LogP contribution >= 0.6 is 24.8 Å². The second kappa shape index (κ2) is 11.7. The summed E-state index contributed by atoms with van der Waals surface area (Å²) in [5, 5.41) is 3.32. The van der Waals surface area contributed by atoms with Crippen LogP contribution in [-0.2, 0) is 0 Å². The van der Waals surface area contributed by atoms with E-state index in [2.05, 4.69) is 22.0 Å². The lowest BCUT2D eigenvalue weighted by molar-refractivity contribution is 0.0634. The van der Waals surface area contributed by atoms with Gasteiger partial charge in [-0.2, -0.15) is 0 Å². The molecule has 2 heterocycles. The Morgan fingerprint density at radius 2 is 1.74 bits per heavy atom. The zero-order valence-electron chi connectivity index (χ0n) is 17.8. The lowest BCUT2D eigenvalue weighted by atomic mass is 10.0. The first-order valence-corrected chi connectivity index (χ1v) is 10.5. The molecule has 2 aliphatic heterocycles. The van der Waals surface area contributed by atoms with Crippen molar-refractivity contribution >= 4 is 36.4 Å². The fraction of sp³-hybridized carbons (Fsp3) is 0.435. The highest BCUT2D eigenvalue weighted by atomic mass is 35.5. The zero-order chi connectivity index (χ0) is 20.2. The maximum atomic E-state index is 13.7. The predicted octanol–water partition coefficient (Wildman–Crippen LogP) is 3.60. The summed E-state index contributed by atoms with van der Waals surface area (Å²) in [5.41, 5.74) is 2.68. The van der Waals surface area contributed by atoms with Gasteiger partial charge in [0.05, 0.1) is 6.04 Å². The van der Waals surface area contributed by atoms with Crippen LogP contribution in [0.5, 0.6) is 0 Å². The molecule has 4 rings (SSSR count). The average Bonchev–Trinajstić information content (AvgIpc) is 2.79. The predicted molar refractivity (Wildman–Crippen MR) is 128 cm³/mol. The first-order valence-electron chi connectivity index (χ1n) is 10.5. The van der Waals surface area contributed by atoms with Crippen LogP contribution in [0.15, 0.2) is 48.5 Å². The highest BCUT2D eigenvalue weighted by molar-refractivity contribution is 5.95. The summed E-state index contributed by atoms with van der Waals surface area (Å²) in [5.74, 6) is -0.267. The Kier molecular flexibility index (Phi) is 9.56. The minimum absolute atomic E-state index is 0. The van der Waals surface area contributed by atoms with E-state index in [4.69, 9.17) is 0 Å². The van der Waals surface area contributed by atoms with Crippen molar-refractivity contribution in [3.63, 3.8) is 0 Å². The first-order chi connectivity index (χ1) is 14.2. The third-order valence-corrected chi connectivity index (χ3v) is 6.04. The topological polar surface area (TPSA) is 38.8 Å². The van der Waals surface area contributed by atoms with Gasteiger partial charge in [0.1, 0.15) is 5.82 Å². The van der Waals surface area contributed by atoms with Crippen molar-refractivity contribution in [3.05, 3.63) is 65.5 Å². The molecule has 2 aliphatic rings. The summed E-state index contributed by atoms with van der Waals surface area (Å²) >= 11 is 0. The maximum Gasteiger partial charge on any atom is 0.254 e. The highest BCUT2D eigenvalue weighted by Gasteiger charge is 2.29. The molecule has 5 nitrogen and oxygen atoms in total. The molecule has 2 aromatic rings. The number of nitrogens with one attached hydrogen (secondary N) is 1. The summed E-state index contributed by atoms with van der Waals surface area (Å²) in [7, 11) is 0. The summed E-state index contributed by atoms with van der Waals surface area (Å²) in [6, 6.07) is 14.3. The van der Waals surface area contributed by atoms with Crippen LogP contribution in [0.2, 0.25) is 0 Å². The van der Waals surface area contributed by atoms with Gasteiger partial charge in [0.25, 0.3) is 5.91 Å². The number of likely N-dealkylation sites (N-methyl/N-ethyl adjacent to an activating group) is 1. The third kappa shape index (κ3) is 5.89. The molecule has 1 amide bonds. The van der Waals surface area contributed by atoms with Crippen LogP contribution in [0, 0.1) is 5.82 Å². The van der Waals surface area contributed by atoms with Crippen LogP contribution in [0.1, 0.15) is 28.9 Å². The number of hydrogen-bond acceptors (Lipinski definition) is 4. The van der Waals surface area contributed by atoms with Crippen molar-refractivity contribution in [2.24, 2.45) is 0 Å². The Morgan fingerprint density at radius 3 is 2.39 bits per heavy atom. The third-order valence-electron chi connectivity index (χ3n) is 6.04. The van der Waals surface area contributed by atoms with Gasteiger partial charge in [-0.15, -0.1) is 24.8 Å². The highest BCUT2D eigenvalue weighted by Crippen LogP contribution is 2.26. The van der Waals surface area contributed by atoms with Gasteiger partial charge < -0.3 is 20.0 Å². The van der Waals surface area contributed by atoms with Crippen LogP contribution in [0.25, 0.3) is 0 Å². The number of piperazine rings is 2. The Bertz CT molecular complexity index is 844. The molecular formula is C23H31Cl2FN4O. The largest absolute Gasteiger partial charge is 0.369 e. The van der Waals surface area contributed by atoms with Gasteiger partial charge in [-0.3, -0.25) is 4.79 Å². The van der Waals surface area contributed by atoms with Crippen LogP contribution in [0.3, 0.4) is 0 Å². The molecule has 0 saturated carbocycles. The Balaban J connectivity index is 0.00000171. The molecule has 0 aliphatic carbocycles. The Morgan fingerprint density at radius 1 is 1.03 bits per heavy atom. The van der Waals surface area contributed by atoms with Crippen molar-refractivity contribution < 1.29 is 9.18 Å². The number of carbonyl (C=O) groups excluding carboxylic acids is 1. The number of rotatable bonds is 4. The standard InChI is InChI=1S/C23H29FN4O.2ClH/c1-2-26-12-14-27(15-13-26)21-8-6-18(7-9-21)23(29)28-11-10-25-17-22(28)19-4-3-5-20(24)16-19;;/h3-9,16,22,25H,2,10-15,17H2,1H3;2*1H. The van der Waals surface area contributed by atoms with E-state index in [1.807, 2.05) is 35.2 Å². The summed E-state index contributed by atoms with van der Waals surface area (Å²) < 4.78 is 13.7. The molecule has 2 saturated heterocycles. The summed E-state index contributed by atoms with van der Waals surface area (Å²) in [6.45, 7) is 9.47. The summed E-state index contributed by atoms with van der Waals surface area (Å²) in [4.78, 5) is 19.9. The van der Waals surface area contributed by atoms with Crippen LogP contribution < -0.4 is 10.2 Å². The molecule has 2 fully saturated rings. The number of carbonyl (C=O) groups is 1. The lowest BCUT2D eigenvalue weighted by Gasteiger charge is -2.37. The van der Waals surface area contributed by atoms with Crippen molar-refractivity contribution in [3.8, 4) is 0 Å². The molecule has 0 bridgehead atoms. The van der Waals surface area contributed by atoms with E-state index in [0.29, 0.717) is 18.7 Å². The fourth-order valence-corrected chi connectivity index (χ4v) is 4.26. The Labute approximate surface area is 196 Å². The van der Waals surface area contributed by atoms with Crippen molar-refractivity contribution in [2.75, 3.05) is 57.3 Å². The Hall–Kier alpha value is -1.86. The van der Waals surface area contributed by atoms with E-state index in [9.17, 15) is 9.18 Å². The number of benzene rings is 2. The molecule has 0 spiro atoms. The van der Waals surface area contributed by atoms with Gasteiger partial charge in [0, 0.05) is 57.1 Å². The fourth-order valence-electron chi connectivity index (χ4n) is 4.26. The molecular weight excluding hydrogens is 438 g/mol. The number of hydrogen-bond donors (Lipinski definition) is 1. The van der Waals surface area contributed by atoms with Crippen molar-refractivity contribution in [1.29, 1.82) is 0 Å². The van der Waals surface area contributed by atoms with Crippen LogP contribution in [-0.4, -0.2) is 68.1 Å². The molecule has 170 valence electrons. The first kappa shape index (κ1) is 25.4. The number of amides is 1. The smallest absolute Gasteiger partial charge is 0.254 e. The number of halogens is 3. The normalized spacial score (nSPS) is 19.4. The monoisotopic (exact) mass is 468 g/mol. The molecule has 31 heavy (non-hydrogen) atoms. The molecule has 1 atom stereocenters. The molecule has 0 radical (unpaired) electrons. The molecule has 0 aromatic heterocycles. The van der Waals surface area contributed by atoms with E-state index in [1.165, 1.54) is 17.8 Å². The maximum absolute atomic E-state index is 13.7. The van der Waals surface area contributed by atoms with Gasteiger partial charge in [-0.25, -0.2) is 4.39 Å². The van der Waals surface area contributed by atoms with Crippen LogP contribution in [0.4, 0.5) is 10.1 Å². The van der Waals surface area contributed by atoms with Gasteiger partial charge in [0.15, 0.2) is 0 Å². The quantitative estimate of drug-likeness (QED) is 0.743. The molecule has 1 unspecified atom stereocenters. The van der Waals surface area contributed by atoms with E-state index >= 15 is 0 Å². The van der Waals surface area contributed by atoms with Gasteiger partial charge >= 0.3 is 0 Å². The van der Waals surface area contributed by atoms with Crippen molar-refractivity contribution in [2.45, 2.75) is 13.0 Å². The lowest BCUT2D eigenvalue weighted by Crippen LogP contribution is -2.48. The second-order valence-electron chi connectivity index (χ2n) is 7.74. The SMILES string of the molecule is CCN1CCN(c2ccc(C(=O)N3CCNCC3c3cccc(F)c3)cc2)CC1.Cl.Cl. The minimum Gasteiger partial charge on any atom is -0.369 e. The minimum atomic E-state index is -0.270. The average molecular weight is 469 g/mol. The van der Waals surface area contributed by atoms with Crippen molar-refractivity contribution in [1.82, 2.24) is 15.1 Å². The van der Waals surface area contributed by atoms with Gasteiger partial charge in [-0.1, -0.05) is 19.1 Å². The molecule has 2 aromatic carbocycles. The van der Waals surface area contributed by atoms with E-state index in [1.54, 1.807) is 6.07 Å². The summed E-state index contributed by atoms with van der Waals surface area (Å²) in [6.07, 6.45) is 0. The zero-order valence-corrected chi connectivity index (χ0v) is 19.4. The van der Waals surface area contributed by atoms with E-state index in [0.717, 1.165) is 44.8 Å². The van der Waals surface area contributed by atoms with E-state index in [-0.39, 0.29) is 42.6 Å². The van der Waals surface area contributed by atoms with Gasteiger partial charge in [-0.05, 0) is 48.5 Å². The van der Waals surface area contributed by atoms with Gasteiger partial charge in [0.2, 0.25) is 0 Å². The number of nitrogens with zero attached hydrogens (tertiary/aromatic N) is 3. The molecule has 8 heteroatoms. The van der Waals surface area contributed by atoms with E-state index < -0.39 is 0 Å². The number of anilines is 1. The molecule has 1 N–H and O–H groups in total.